The zero-order valence-corrected chi connectivity index (χ0v) is 17.7. The van der Waals surface area contributed by atoms with Gasteiger partial charge in [0.05, 0.1) is 12.1 Å². The van der Waals surface area contributed by atoms with Gasteiger partial charge in [0.2, 0.25) is 0 Å². The Balaban J connectivity index is 1.62. The zero-order valence-electron chi connectivity index (χ0n) is 17.7. The van der Waals surface area contributed by atoms with Gasteiger partial charge < -0.3 is 10.0 Å². The number of ketones is 1. The van der Waals surface area contributed by atoms with Crippen molar-refractivity contribution in [1.82, 2.24) is 0 Å². The molecule has 1 atom stereocenters. The Morgan fingerprint density at radius 3 is 2.48 bits per heavy atom. The number of carbonyl (C=O) groups excluding carboxylic acids is 2. The highest BCUT2D eigenvalue weighted by molar-refractivity contribution is 6.11. The third-order valence-corrected chi connectivity index (χ3v) is 5.75. The molecule has 1 unspecified atom stereocenters. The van der Waals surface area contributed by atoms with E-state index in [-0.39, 0.29) is 12.2 Å². The number of Topliss-reactive ketones (excluding diaryl/α,β-unsaturated/α-hetero) is 1. The van der Waals surface area contributed by atoms with Crippen molar-refractivity contribution in [3.8, 4) is 0 Å². The Morgan fingerprint density at radius 1 is 1.00 bits per heavy atom. The molecule has 1 heterocycles. The van der Waals surface area contributed by atoms with Crippen molar-refractivity contribution in [2.75, 3.05) is 11.4 Å². The first-order valence-corrected chi connectivity index (χ1v) is 10.4. The molecule has 0 saturated heterocycles. The molecule has 156 valence electrons. The molecule has 4 nitrogen and oxygen atoms in total. The Bertz CT molecular complexity index is 1170. The highest BCUT2D eigenvalue weighted by Crippen LogP contribution is 2.43. The fourth-order valence-electron chi connectivity index (χ4n) is 4.08. The van der Waals surface area contributed by atoms with Crippen LogP contribution >= 0.6 is 0 Å². The molecule has 0 bridgehead atoms. The molecule has 0 aliphatic carbocycles. The summed E-state index contributed by atoms with van der Waals surface area (Å²) in [6.45, 7) is 4.09. The van der Waals surface area contributed by atoms with Crippen molar-refractivity contribution in [2.45, 2.75) is 25.9 Å². The number of rotatable bonds is 6. The predicted octanol–water partition coefficient (Wildman–Crippen LogP) is 4.82. The number of anilines is 1. The van der Waals surface area contributed by atoms with Crippen LogP contribution in [0.25, 0.3) is 6.08 Å². The maximum Gasteiger partial charge on any atom is 0.264 e. The van der Waals surface area contributed by atoms with E-state index in [1.165, 1.54) is 0 Å². The first-order valence-electron chi connectivity index (χ1n) is 10.4. The van der Waals surface area contributed by atoms with E-state index in [0.29, 0.717) is 23.4 Å². The van der Waals surface area contributed by atoms with Crippen LogP contribution in [0.3, 0.4) is 0 Å². The van der Waals surface area contributed by atoms with Gasteiger partial charge in [0.25, 0.3) is 5.91 Å². The lowest BCUT2D eigenvalue weighted by molar-refractivity contribution is -0.135. The molecule has 0 aromatic heterocycles. The smallest absolute Gasteiger partial charge is 0.264 e. The first-order chi connectivity index (χ1) is 14.9. The SMILES string of the molecule is Cc1ccc(C)c(C(=O)CC2(O)C(=O)N(C/C=C/c3ccccc3)c3ccccc32)c1. The second kappa shape index (κ2) is 8.32. The van der Waals surface area contributed by atoms with Gasteiger partial charge in [-0.05, 0) is 37.1 Å². The molecule has 1 aliphatic heterocycles. The van der Waals surface area contributed by atoms with Gasteiger partial charge in [-0.2, -0.15) is 0 Å². The lowest BCUT2D eigenvalue weighted by Crippen LogP contribution is -2.42. The second-order valence-corrected chi connectivity index (χ2v) is 8.02. The molecule has 1 aliphatic rings. The van der Waals surface area contributed by atoms with Gasteiger partial charge in [0, 0.05) is 17.7 Å². The Hall–Kier alpha value is -3.50. The summed E-state index contributed by atoms with van der Waals surface area (Å²) in [5, 5.41) is 11.5. The van der Waals surface area contributed by atoms with Crippen LogP contribution in [0.2, 0.25) is 0 Å². The van der Waals surface area contributed by atoms with Crippen LogP contribution in [-0.2, 0) is 10.4 Å². The van der Waals surface area contributed by atoms with E-state index >= 15 is 0 Å². The second-order valence-electron chi connectivity index (χ2n) is 8.02. The van der Waals surface area contributed by atoms with Crippen LogP contribution in [-0.4, -0.2) is 23.3 Å². The van der Waals surface area contributed by atoms with E-state index in [9.17, 15) is 14.7 Å². The number of amides is 1. The van der Waals surface area contributed by atoms with Crippen molar-refractivity contribution < 1.29 is 14.7 Å². The molecular weight excluding hydrogens is 386 g/mol. The molecule has 0 saturated carbocycles. The summed E-state index contributed by atoms with van der Waals surface area (Å²) in [6, 6.07) is 22.6. The third-order valence-electron chi connectivity index (χ3n) is 5.75. The number of nitrogens with zero attached hydrogens (tertiary/aromatic N) is 1. The molecule has 3 aromatic rings. The van der Waals surface area contributed by atoms with E-state index < -0.39 is 11.5 Å². The van der Waals surface area contributed by atoms with E-state index in [1.807, 2.05) is 86.7 Å². The van der Waals surface area contributed by atoms with E-state index in [4.69, 9.17) is 0 Å². The van der Waals surface area contributed by atoms with Gasteiger partial charge in [-0.1, -0.05) is 78.4 Å². The Labute approximate surface area is 182 Å². The zero-order chi connectivity index (χ0) is 22.0. The molecule has 0 fully saturated rings. The average molecular weight is 412 g/mol. The number of aryl methyl sites for hydroxylation is 2. The Kier molecular flexibility index (Phi) is 5.57. The fourth-order valence-corrected chi connectivity index (χ4v) is 4.08. The summed E-state index contributed by atoms with van der Waals surface area (Å²) in [4.78, 5) is 28.0. The average Bonchev–Trinajstić information content (AvgIpc) is 2.98. The molecule has 1 amide bonds. The molecule has 0 radical (unpaired) electrons. The maximum atomic E-state index is 13.3. The molecule has 3 aromatic carbocycles. The standard InChI is InChI=1S/C27H25NO3/c1-19-14-15-20(2)22(17-19)25(29)18-27(31)23-12-6-7-13-24(23)28(26(27)30)16-8-11-21-9-4-3-5-10-21/h3-15,17,31H,16,18H2,1-2H3/b11-8+. The van der Waals surface area contributed by atoms with Crippen LogP contribution in [0, 0.1) is 13.8 Å². The quantitative estimate of drug-likeness (QED) is 0.592. The fraction of sp³-hybridized carbons (Fsp3) is 0.185. The summed E-state index contributed by atoms with van der Waals surface area (Å²) < 4.78 is 0. The monoisotopic (exact) mass is 411 g/mol. The van der Waals surface area contributed by atoms with Gasteiger partial charge in [-0.3, -0.25) is 9.59 Å². The third kappa shape index (κ3) is 3.94. The van der Waals surface area contributed by atoms with Crippen molar-refractivity contribution in [2.24, 2.45) is 0 Å². The summed E-state index contributed by atoms with van der Waals surface area (Å²) in [6.07, 6.45) is 3.54. The number of benzene rings is 3. The van der Waals surface area contributed by atoms with E-state index in [0.717, 1.165) is 16.7 Å². The van der Waals surface area contributed by atoms with E-state index in [2.05, 4.69) is 0 Å². The molecule has 1 N–H and O–H groups in total. The summed E-state index contributed by atoms with van der Waals surface area (Å²) in [7, 11) is 0. The van der Waals surface area contributed by atoms with Crippen molar-refractivity contribution >= 4 is 23.5 Å². The van der Waals surface area contributed by atoms with Crippen LogP contribution in [0.5, 0.6) is 0 Å². The highest BCUT2D eigenvalue weighted by Gasteiger charge is 2.50. The highest BCUT2D eigenvalue weighted by atomic mass is 16.3. The number of fused-ring (bicyclic) bond motifs is 1. The molecule has 4 heteroatoms. The number of hydrogen-bond acceptors (Lipinski definition) is 3. The molecule has 31 heavy (non-hydrogen) atoms. The van der Waals surface area contributed by atoms with Crippen LogP contribution in [0.4, 0.5) is 5.69 Å². The minimum Gasteiger partial charge on any atom is -0.375 e. The predicted molar refractivity (Wildman–Crippen MR) is 123 cm³/mol. The summed E-state index contributed by atoms with van der Waals surface area (Å²) >= 11 is 0. The van der Waals surface area contributed by atoms with E-state index in [1.54, 1.807) is 17.0 Å². The van der Waals surface area contributed by atoms with Crippen LogP contribution in [0.1, 0.15) is 39.0 Å². The number of aliphatic hydroxyl groups is 1. The largest absolute Gasteiger partial charge is 0.375 e. The lowest BCUT2D eigenvalue weighted by Gasteiger charge is -2.22. The van der Waals surface area contributed by atoms with Gasteiger partial charge >= 0.3 is 0 Å². The summed E-state index contributed by atoms with van der Waals surface area (Å²) in [5.74, 6) is -0.710. The molecule has 4 rings (SSSR count). The first kappa shape index (κ1) is 20.8. The van der Waals surface area contributed by atoms with Gasteiger partial charge in [0.1, 0.15) is 0 Å². The van der Waals surface area contributed by atoms with Gasteiger partial charge in [-0.25, -0.2) is 0 Å². The maximum absolute atomic E-state index is 13.3. The van der Waals surface area contributed by atoms with Gasteiger partial charge in [-0.15, -0.1) is 0 Å². The minimum absolute atomic E-state index is 0.242. The van der Waals surface area contributed by atoms with Crippen molar-refractivity contribution in [1.29, 1.82) is 0 Å². The lowest BCUT2D eigenvalue weighted by atomic mass is 9.87. The topological polar surface area (TPSA) is 57.6 Å². The minimum atomic E-state index is -1.87. The molecular formula is C27H25NO3. The number of hydrogen-bond donors (Lipinski definition) is 1. The molecule has 0 spiro atoms. The van der Waals surface area contributed by atoms with Crippen molar-refractivity contribution in [3.05, 3.63) is 107 Å². The van der Waals surface area contributed by atoms with Crippen LogP contribution < -0.4 is 4.90 Å². The number of para-hydroxylation sites is 1. The summed E-state index contributed by atoms with van der Waals surface area (Å²) in [5.41, 5.74) is 2.62. The number of carbonyl (C=O) groups is 2. The Morgan fingerprint density at radius 2 is 1.71 bits per heavy atom. The van der Waals surface area contributed by atoms with Gasteiger partial charge in [0.15, 0.2) is 11.4 Å². The van der Waals surface area contributed by atoms with Crippen molar-refractivity contribution in [3.63, 3.8) is 0 Å². The normalized spacial score (nSPS) is 17.9. The van der Waals surface area contributed by atoms with Crippen LogP contribution in [0.15, 0.2) is 78.9 Å².